The molecule has 0 saturated heterocycles. The third-order valence-corrected chi connectivity index (χ3v) is 5.26. The molecule has 0 fully saturated rings. The lowest BCUT2D eigenvalue weighted by Gasteiger charge is -2.27. The number of hydrogen-bond donors (Lipinski definition) is 0. The Morgan fingerprint density at radius 1 is 0.871 bits per heavy atom. The molecular weight excluding hydrogens is 388 g/mol. The van der Waals surface area contributed by atoms with Crippen LogP contribution in [0.15, 0.2) is 91.0 Å². The van der Waals surface area contributed by atoms with E-state index in [1.807, 2.05) is 84.9 Å². The van der Waals surface area contributed by atoms with Crippen molar-refractivity contribution >= 4 is 22.8 Å². The van der Waals surface area contributed by atoms with Gasteiger partial charge in [-0.3, -0.25) is 4.79 Å². The van der Waals surface area contributed by atoms with Crippen molar-refractivity contribution in [3.05, 3.63) is 102 Å². The molecule has 0 aliphatic carbocycles. The van der Waals surface area contributed by atoms with Crippen molar-refractivity contribution in [2.24, 2.45) is 0 Å². The van der Waals surface area contributed by atoms with E-state index in [2.05, 4.69) is 0 Å². The number of ether oxygens (including phenoxy) is 1. The molecule has 1 heterocycles. The van der Waals surface area contributed by atoms with E-state index in [1.54, 1.807) is 13.1 Å². The van der Waals surface area contributed by atoms with Crippen LogP contribution in [0.5, 0.6) is 0 Å². The molecule has 5 nitrogen and oxygen atoms in total. The molecular formula is C26H22N2O3. The van der Waals surface area contributed by atoms with E-state index in [1.165, 1.54) is 12.0 Å². The Morgan fingerprint density at radius 3 is 2.16 bits per heavy atom. The average Bonchev–Trinajstić information content (AvgIpc) is 2.84. The number of rotatable bonds is 5. The second-order valence-electron chi connectivity index (χ2n) is 7.19. The Bertz CT molecular complexity index is 1220. The first kappa shape index (κ1) is 20.3. The zero-order valence-electron chi connectivity index (χ0n) is 17.4. The number of carbonyl (C=O) groups excluding carboxylic acids is 2. The zero-order valence-corrected chi connectivity index (χ0v) is 17.4. The number of hydrogen-bond acceptors (Lipinski definition) is 4. The van der Waals surface area contributed by atoms with Crippen LogP contribution in [0.4, 0.5) is 0 Å². The minimum absolute atomic E-state index is 0.282. The number of carbonyl (C=O) groups is 2. The van der Waals surface area contributed by atoms with Gasteiger partial charge in [-0.25, -0.2) is 9.78 Å². The van der Waals surface area contributed by atoms with Gasteiger partial charge in [-0.1, -0.05) is 78.9 Å². The molecule has 0 unspecified atom stereocenters. The molecule has 0 radical (unpaired) electrons. The van der Waals surface area contributed by atoms with Gasteiger partial charge in [0.25, 0.3) is 5.91 Å². The van der Waals surface area contributed by atoms with Crippen molar-refractivity contribution in [3.8, 4) is 11.3 Å². The molecule has 3 aromatic carbocycles. The van der Waals surface area contributed by atoms with Gasteiger partial charge in [0.2, 0.25) is 0 Å². The molecule has 31 heavy (non-hydrogen) atoms. The smallest absolute Gasteiger partial charge is 0.333 e. The van der Waals surface area contributed by atoms with E-state index in [-0.39, 0.29) is 5.91 Å². The van der Waals surface area contributed by atoms with E-state index in [0.717, 1.165) is 16.5 Å². The standard InChI is InChI=1S/C26H22N2O3/c1-28(24(26(30)31-2)19-13-7-4-8-14-19)25(29)21-17-23(18-11-5-3-6-12-18)27-22-16-10-9-15-20(21)22/h3-17,24H,1-2H3/t24-/m1/s1. The van der Waals surface area contributed by atoms with Crippen LogP contribution in [0.2, 0.25) is 0 Å². The number of pyridine rings is 1. The summed E-state index contributed by atoms with van der Waals surface area (Å²) in [7, 11) is 2.94. The topological polar surface area (TPSA) is 59.5 Å². The number of amides is 1. The number of likely N-dealkylation sites (N-methyl/N-ethyl adjacent to an activating group) is 1. The number of para-hydroxylation sites is 1. The van der Waals surface area contributed by atoms with Crippen LogP contribution in [0.25, 0.3) is 22.2 Å². The summed E-state index contributed by atoms with van der Waals surface area (Å²) in [6.07, 6.45) is 0. The molecule has 1 aromatic heterocycles. The highest BCUT2D eigenvalue weighted by molar-refractivity contribution is 6.08. The van der Waals surface area contributed by atoms with Crippen molar-refractivity contribution in [3.63, 3.8) is 0 Å². The van der Waals surface area contributed by atoms with Crippen LogP contribution in [-0.4, -0.2) is 35.9 Å². The minimum Gasteiger partial charge on any atom is -0.467 e. The van der Waals surface area contributed by atoms with Crippen molar-refractivity contribution in [1.29, 1.82) is 0 Å². The van der Waals surface area contributed by atoms with Crippen LogP contribution in [0.1, 0.15) is 22.0 Å². The van der Waals surface area contributed by atoms with Crippen LogP contribution < -0.4 is 0 Å². The highest BCUT2D eigenvalue weighted by Crippen LogP contribution is 2.28. The predicted octanol–water partition coefficient (Wildman–Crippen LogP) is 4.89. The highest BCUT2D eigenvalue weighted by atomic mass is 16.5. The van der Waals surface area contributed by atoms with Crippen molar-refractivity contribution in [2.75, 3.05) is 14.2 Å². The van der Waals surface area contributed by atoms with Gasteiger partial charge in [0.05, 0.1) is 23.9 Å². The number of benzene rings is 3. The van der Waals surface area contributed by atoms with Crippen LogP contribution in [-0.2, 0) is 9.53 Å². The number of methoxy groups -OCH3 is 1. The van der Waals surface area contributed by atoms with Gasteiger partial charge < -0.3 is 9.64 Å². The SMILES string of the molecule is COC(=O)[C@@H](c1ccccc1)N(C)C(=O)c1cc(-c2ccccc2)nc2ccccc12. The molecule has 0 N–H and O–H groups in total. The van der Waals surface area contributed by atoms with Gasteiger partial charge >= 0.3 is 5.97 Å². The van der Waals surface area contributed by atoms with Crippen LogP contribution in [0.3, 0.4) is 0 Å². The molecule has 5 heteroatoms. The molecule has 0 aliphatic rings. The fourth-order valence-electron chi connectivity index (χ4n) is 3.68. The molecule has 0 saturated carbocycles. The lowest BCUT2D eigenvalue weighted by Crippen LogP contribution is -2.36. The maximum Gasteiger partial charge on any atom is 0.333 e. The van der Waals surface area contributed by atoms with Crippen LogP contribution in [0, 0.1) is 0 Å². The van der Waals surface area contributed by atoms with Crippen molar-refractivity contribution < 1.29 is 14.3 Å². The minimum atomic E-state index is -0.856. The Labute approximate surface area is 180 Å². The largest absolute Gasteiger partial charge is 0.467 e. The van der Waals surface area contributed by atoms with Gasteiger partial charge in [0, 0.05) is 18.0 Å². The van der Waals surface area contributed by atoms with E-state index in [4.69, 9.17) is 9.72 Å². The maximum absolute atomic E-state index is 13.7. The summed E-state index contributed by atoms with van der Waals surface area (Å²) in [5.74, 6) is -0.779. The fourth-order valence-corrected chi connectivity index (χ4v) is 3.68. The molecule has 0 bridgehead atoms. The lowest BCUT2D eigenvalue weighted by molar-refractivity contribution is -0.145. The van der Waals surface area contributed by atoms with Gasteiger partial charge in [-0.05, 0) is 17.7 Å². The lowest BCUT2D eigenvalue weighted by atomic mass is 10.0. The van der Waals surface area contributed by atoms with Gasteiger partial charge in [-0.15, -0.1) is 0 Å². The number of fused-ring (bicyclic) bond motifs is 1. The molecule has 0 spiro atoms. The summed E-state index contributed by atoms with van der Waals surface area (Å²) in [6.45, 7) is 0. The molecule has 1 amide bonds. The molecule has 1 atom stereocenters. The monoisotopic (exact) mass is 410 g/mol. The third kappa shape index (κ3) is 4.03. The van der Waals surface area contributed by atoms with E-state index in [9.17, 15) is 9.59 Å². The predicted molar refractivity (Wildman–Crippen MR) is 120 cm³/mol. The Hall–Kier alpha value is -3.99. The average molecular weight is 410 g/mol. The van der Waals surface area contributed by atoms with Crippen molar-refractivity contribution in [1.82, 2.24) is 9.88 Å². The Balaban J connectivity index is 1.83. The van der Waals surface area contributed by atoms with E-state index >= 15 is 0 Å². The maximum atomic E-state index is 13.7. The molecule has 0 aliphatic heterocycles. The summed E-state index contributed by atoms with van der Waals surface area (Å²) in [6, 6.07) is 27.3. The molecule has 4 rings (SSSR count). The van der Waals surface area contributed by atoms with Crippen molar-refractivity contribution in [2.45, 2.75) is 6.04 Å². The van der Waals surface area contributed by atoms with Crippen LogP contribution >= 0.6 is 0 Å². The van der Waals surface area contributed by atoms with E-state index in [0.29, 0.717) is 16.8 Å². The molecule has 4 aromatic rings. The normalized spacial score (nSPS) is 11.7. The van der Waals surface area contributed by atoms with Gasteiger partial charge in [0.1, 0.15) is 0 Å². The summed E-state index contributed by atoms with van der Waals surface area (Å²) in [4.78, 5) is 32.4. The number of nitrogens with zero attached hydrogens (tertiary/aromatic N) is 2. The number of aromatic nitrogens is 1. The zero-order chi connectivity index (χ0) is 21.8. The summed E-state index contributed by atoms with van der Waals surface area (Å²) in [5, 5.41) is 0.732. The summed E-state index contributed by atoms with van der Waals surface area (Å²) in [5.41, 5.74) is 3.50. The quantitative estimate of drug-likeness (QED) is 0.440. The molecule has 154 valence electrons. The first-order valence-corrected chi connectivity index (χ1v) is 9.95. The fraction of sp³-hybridized carbons (Fsp3) is 0.115. The third-order valence-electron chi connectivity index (χ3n) is 5.26. The summed E-state index contributed by atoms with van der Waals surface area (Å²) >= 11 is 0. The first-order valence-electron chi connectivity index (χ1n) is 9.95. The first-order chi connectivity index (χ1) is 15.1. The highest BCUT2D eigenvalue weighted by Gasteiger charge is 2.31. The van der Waals surface area contributed by atoms with E-state index < -0.39 is 12.0 Å². The number of esters is 1. The Kier molecular flexibility index (Phi) is 5.76. The summed E-state index contributed by atoms with van der Waals surface area (Å²) < 4.78 is 5.01. The van der Waals surface area contributed by atoms with Gasteiger partial charge in [0.15, 0.2) is 6.04 Å². The van der Waals surface area contributed by atoms with Gasteiger partial charge in [-0.2, -0.15) is 0 Å². The Morgan fingerprint density at radius 2 is 1.48 bits per heavy atom. The second kappa shape index (κ2) is 8.79. The second-order valence-corrected chi connectivity index (χ2v) is 7.19.